The molecule has 0 aromatic carbocycles. The zero-order valence-electron chi connectivity index (χ0n) is 10.3. The van der Waals surface area contributed by atoms with Crippen molar-refractivity contribution in [1.29, 1.82) is 0 Å². The van der Waals surface area contributed by atoms with Gasteiger partial charge in [-0.1, -0.05) is 0 Å². The summed E-state index contributed by atoms with van der Waals surface area (Å²) in [4.78, 5) is 17.8. The lowest BCUT2D eigenvalue weighted by Crippen LogP contribution is -2.40. The summed E-state index contributed by atoms with van der Waals surface area (Å²) in [6.45, 7) is 1.98. The first-order chi connectivity index (χ1) is 9.25. The average Bonchev–Trinajstić information content (AvgIpc) is 3.09. The number of hydrogen-bond acceptors (Lipinski definition) is 4. The molecular weight excluding hydrogens is 249 g/mol. The van der Waals surface area contributed by atoms with E-state index in [4.69, 9.17) is 0 Å². The van der Waals surface area contributed by atoms with Gasteiger partial charge in [-0.2, -0.15) is 5.10 Å². The molecular formula is C12H14FN5O. The molecule has 100 valence electrons. The van der Waals surface area contributed by atoms with Crippen molar-refractivity contribution in [2.45, 2.75) is 12.5 Å². The molecule has 3 rings (SSSR count). The van der Waals surface area contributed by atoms with Gasteiger partial charge >= 0.3 is 6.03 Å². The predicted octanol–water partition coefficient (Wildman–Crippen LogP) is 0.936. The molecule has 2 amide bonds. The van der Waals surface area contributed by atoms with Gasteiger partial charge in [-0.25, -0.2) is 14.2 Å². The van der Waals surface area contributed by atoms with Gasteiger partial charge in [0.2, 0.25) is 0 Å². The largest absolute Gasteiger partial charge is 0.342 e. The van der Waals surface area contributed by atoms with Crippen molar-refractivity contribution in [1.82, 2.24) is 20.2 Å². The summed E-state index contributed by atoms with van der Waals surface area (Å²) in [7, 11) is 0. The summed E-state index contributed by atoms with van der Waals surface area (Å²) < 4.78 is 13.2. The second kappa shape index (κ2) is 4.93. The van der Waals surface area contributed by atoms with Crippen molar-refractivity contribution >= 4 is 12.2 Å². The van der Waals surface area contributed by atoms with Crippen LogP contribution in [-0.4, -0.2) is 46.9 Å². The Kier molecular flexibility index (Phi) is 3.12. The number of hydrazone groups is 1. The zero-order chi connectivity index (χ0) is 13.2. The van der Waals surface area contributed by atoms with Gasteiger partial charge in [0.1, 0.15) is 5.82 Å². The Balaban J connectivity index is 1.80. The number of aromatic nitrogens is 1. The Labute approximate surface area is 109 Å². The molecule has 3 heterocycles. The van der Waals surface area contributed by atoms with Crippen LogP contribution in [0.25, 0.3) is 0 Å². The van der Waals surface area contributed by atoms with Crippen LogP contribution in [0.15, 0.2) is 23.6 Å². The van der Waals surface area contributed by atoms with E-state index in [1.807, 2.05) is 0 Å². The summed E-state index contributed by atoms with van der Waals surface area (Å²) in [6.07, 6.45) is 4.98. The van der Waals surface area contributed by atoms with Crippen LogP contribution in [-0.2, 0) is 0 Å². The van der Waals surface area contributed by atoms with Gasteiger partial charge in [0.05, 0.1) is 18.9 Å². The van der Waals surface area contributed by atoms with Crippen LogP contribution in [0.4, 0.5) is 9.18 Å². The van der Waals surface area contributed by atoms with Crippen LogP contribution in [0.2, 0.25) is 0 Å². The molecule has 0 unspecified atom stereocenters. The minimum Gasteiger partial charge on any atom is -0.309 e. The maximum Gasteiger partial charge on any atom is 0.342 e. The van der Waals surface area contributed by atoms with Crippen LogP contribution in [0.1, 0.15) is 18.0 Å². The summed E-state index contributed by atoms with van der Waals surface area (Å²) in [6, 6.07) is 0.971. The topological polar surface area (TPSA) is 60.8 Å². The van der Waals surface area contributed by atoms with E-state index < -0.39 is 5.82 Å². The number of nitrogens with zero attached hydrogens (tertiary/aromatic N) is 4. The fourth-order valence-electron chi connectivity index (χ4n) is 2.30. The number of nitrogens with one attached hydrogen (secondary N) is 1. The van der Waals surface area contributed by atoms with Crippen molar-refractivity contribution < 1.29 is 9.18 Å². The summed E-state index contributed by atoms with van der Waals surface area (Å²) in [5, 5.41) is 8.61. The third-order valence-electron chi connectivity index (χ3n) is 3.27. The Bertz CT molecular complexity index is 515. The standard InChI is InChI=1S/C12H14FN5O/c13-10-5-9(6-15-7-10)11-1-2-16-18(11)12(19)17-4-3-14-8-17/h2,5-7,11,14H,1,3-4,8H2/t11-/m0/s1. The smallest absolute Gasteiger partial charge is 0.309 e. The summed E-state index contributed by atoms with van der Waals surface area (Å²) in [5.74, 6) is -0.403. The normalized spacial score (nSPS) is 22.3. The molecule has 2 aliphatic heterocycles. The van der Waals surface area contributed by atoms with Gasteiger partial charge < -0.3 is 4.90 Å². The SMILES string of the molecule is O=C(N1CCNC1)N1N=CC[C@H]1c1cncc(F)c1. The molecule has 0 bridgehead atoms. The highest BCUT2D eigenvalue weighted by Crippen LogP contribution is 2.29. The minimum atomic E-state index is -0.403. The predicted molar refractivity (Wildman–Crippen MR) is 66.9 cm³/mol. The third-order valence-corrected chi connectivity index (χ3v) is 3.27. The van der Waals surface area contributed by atoms with Crippen molar-refractivity contribution in [3.05, 3.63) is 29.8 Å². The van der Waals surface area contributed by atoms with Crippen LogP contribution in [0.3, 0.4) is 0 Å². The van der Waals surface area contributed by atoms with Crippen molar-refractivity contribution in [3.8, 4) is 0 Å². The number of amides is 2. The molecule has 0 radical (unpaired) electrons. The quantitative estimate of drug-likeness (QED) is 0.820. The van der Waals surface area contributed by atoms with Gasteiger partial charge in [0, 0.05) is 31.9 Å². The van der Waals surface area contributed by atoms with Gasteiger partial charge in [-0.3, -0.25) is 10.3 Å². The molecule has 1 aromatic rings. The van der Waals surface area contributed by atoms with E-state index in [0.717, 1.165) is 12.7 Å². The molecule has 19 heavy (non-hydrogen) atoms. The first kappa shape index (κ1) is 12.0. The number of halogens is 1. The number of urea groups is 1. The first-order valence-electron chi connectivity index (χ1n) is 6.17. The van der Waals surface area contributed by atoms with E-state index in [-0.39, 0.29) is 12.1 Å². The fraction of sp³-hybridized carbons (Fsp3) is 0.417. The molecule has 1 atom stereocenters. The van der Waals surface area contributed by atoms with Crippen LogP contribution in [0, 0.1) is 5.82 Å². The Hall–Kier alpha value is -2.02. The number of carbonyl (C=O) groups excluding carboxylic acids is 1. The maximum atomic E-state index is 13.2. The van der Waals surface area contributed by atoms with Gasteiger partial charge in [-0.15, -0.1) is 0 Å². The first-order valence-corrected chi connectivity index (χ1v) is 6.17. The average molecular weight is 263 g/mol. The van der Waals surface area contributed by atoms with E-state index in [1.54, 1.807) is 17.3 Å². The van der Waals surface area contributed by atoms with E-state index >= 15 is 0 Å². The number of carbonyl (C=O) groups is 1. The summed E-state index contributed by atoms with van der Waals surface area (Å²) >= 11 is 0. The number of pyridine rings is 1. The molecule has 2 aliphatic rings. The van der Waals surface area contributed by atoms with Crippen molar-refractivity contribution in [2.24, 2.45) is 5.10 Å². The van der Waals surface area contributed by atoms with Gasteiger partial charge in [-0.05, 0) is 11.6 Å². The molecule has 0 aliphatic carbocycles. The van der Waals surface area contributed by atoms with Gasteiger partial charge in [0.15, 0.2) is 0 Å². The third kappa shape index (κ3) is 2.28. The lowest BCUT2D eigenvalue weighted by Gasteiger charge is -2.26. The second-order valence-corrected chi connectivity index (χ2v) is 4.53. The highest BCUT2D eigenvalue weighted by molar-refractivity contribution is 5.78. The van der Waals surface area contributed by atoms with Crippen LogP contribution in [0.5, 0.6) is 0 Å². The number of rotatable bonds is 1. The Morgan fingerprint density at radius 2 is 2.37 bits per heavy atom. The Morgan fingerprint density at radius 1 is 1.47 bits per heavy atom. The molecule has 1 N–H and O–H groups in total. The molecule has 6 nitrogen and oxygen atoms in total. The second-order valence-electron chi connectivity index (χ2n) is 4.53. The Morgan fingerprint density at radius 3 is 3.11 bits per heavy atom. The van der Waals surface area contributed by atoms with E-state index in [0.29, 0.717) is 25.2 Å². The number of hydrogen-bond donors (Lipinski definition) is 1. The van der Waals surface area contributed by atoms with Gasteiger partial charge in [0.25, 0.3) is 0 Å². The molecule has 7 heteroatoms. The molecule has 1 aromatic heterocycles. The monoisotopic (exact) mass is 263 g/mol. The lowest BCUT2D eigenvalue weighted by atomic mass is 10.1. The molecule has 0 spiro atoms. The van der Waals surface area contributed by atoms with E-state index in [1.165, 1.54) is 11.1 Å². The molecule has 0 saturated carbocycles. The molecule has 1 fully saturated rings. The highest BCUT2D eigenvalue weighted by atomic mass is 19.1. The van der Waals surface area contributed by atoms with Crippen LogP contribution < -0.4 is 5.32 Å². The maximum absolute atomic E-state index is 13.2. The van der Waals surface area contributed by atoms with E-state index in [9.17, 15) is 9.18 Å². The van der Waals surface area contributed by atoms with Crippen molar-refractivity contribution in [2.75, 3.05) is 19.8 Å². The minimum absolute atomic E-state index is 0.159. The van der Waals surface area contributed by atoms with Crippen LogP contribution >= 0.6 is 0 Å². The molecule has 1 saturated heterocycles. The summed E-state index contributed by atoms with van der Waals surface area (Å²) in [5.41, 5.74) is 0.665. The van der Waals surface area contributed by atoms with E-state index in [2.05, 4.69) is 15.4 Å². The highest BCUT2D eigenvalue weighted by Gasteiger charge is 2.32. The fourth-order valence-corrected chi connectivity index (χ4v) is 2.30. The zero-order valence-corrected chi connectivity index (χ0v) is 10.3. The van der Waals surface area contributed by atoms with Crippen molar-refractivity contribution in [3.63, 3.8) is 0 Å². The lowest BCUT2D eigenvalue weighted by molar-refractivity contribution is 0.151.